The first-order valence-electron chi connectivity index (χ1n) is 5.23. The minimum Gasteiger partial charge on any atom is -0.464 e. The van der Waals surface area contributed by atoms with Crippen LogP contribution in [0.4, 0.5) is 0 Å². The molecule has 3 nitrogen and oxygen atoms in total. The molecule has 0 saturated heterocycles. The van der Waals surface area contributed by atoms with E-state index in [0.717, 1.165) is 14.9 Å². The smallest absolute Gasteiger partial charge is 0.338 e. The molecule has 17 heavy (non-hydrogen) atoms. The monoisotopic (exact) mass is 342 g/mol. The molecular weight excluding hydrogens is 331 g/mol. The fraction of sp³-hybridized carbons (Fsp3) is 0.154. The summed E-state index contributed by atoms with van der Waals surface area (Å²) in [6.45, 7) is 2.18. The number of hydrogen-bond donors (Lipinski definition) is 0. The van der Waals surface area contributed by atoms with Gasteiger partial charge in [-0.15, -0.1) is 0 Å². The molecule has 1 heterocycles. The van der Waals surface area contributed by atoms with Crippen molar-refractivity contribution in [3.8, 4) is 11.3 Å². The van der Waals surface area contributed by atoms with E-state index in [1.165, 1.54) is 0 Å². The van der Waals surface area contributed by atoms with Gasteiger partial charge in [0.2, 0.25) is 0 Å². The third-order valence-electron chi connectivity index (χ3n) is 2.27. The van der Waals surface area contributed by atoms with Crippen LogP contribution >= 0.6 is 22.6 Å². The zero-order chi connectivity index (χ0) is 12.3. The molecule has 0 saturated carbocycles. The highest BCUT2D eigenvalue weighted by Gasteiger charge is 2.11. The predicted octanol–water partition coefficient (Wildman–Crippen LogP) is 3.73. The van der Waals surface area contributed by atoms with Gasteiger partial charge < -0.3 is 9.15 Å². The number of carbonyl (C=O) groups excluding carboxylic acids is 1. The summed E-state index contributed by atoms with van der Waals surface area (Å²) in [4.78, 5) is 11.5. The summed E-state index contributed by atoms with van der Waals surface area (Å²) in [5, 5.41) is 0. The van der Waals surface area contributed by atoms with Crippen molar-refractivity contribution in [1.29, 1.82) is 0 Å². The lowest BCUT2D eigenvalue weighted by molar-refractivity contribution is 0.0526. The van der Waals surface area contributed by atoms with Crippen molar-refractivity contribution in [3.05, 3.63) is 45.7 Å². The van der Waals surface area contributed by atoms with Gasteiger partial charge in [-0.1, -0.05) is 0 Å². The summed E-state index contributed by atoms with van der Waals surface area (Å²) >= 11 is 2.18. The van der Waals surface area contributed by atoms with E-state index in [-0.39, 0.29) is 5.97 Å². The highest BCUT2D eigenvalue weighted by atomic mass is 127. The number of ether oxygens (including phenoxy) is 1. The van der Waals surface area contributed by atoms with Gasteiger partial charge >= 0.3 is 5.97 Å². The lowest BCUT2D eigenvalue weighted by Gasteiger charge is -2.05. The van der Waals surface area contributed by atoms with E-state index < -0.39 is 0 Å². The van der Waals surface area contributed by atoms with Gasteiger partial charge in [-0.25, -0.2) is 4.79 Å². The SMILES string of the molecule is CCOC(=O)c1ccc(-c2ccco2)c(I)c1. The van der Waals surface area contributed by atoms with Crippen LogP contribution in [0.25, 0.3) is 11.3 Å². The number of esters is 1. The molecule has 0 unspecified atom stereocenters. The lowest BCUT2D eigenvalue weighted by Crippen LogP contribution is -2.04. The quantitative estimate of drug-likeness (QED) is 0.630. The van der Waals surface area contributed by atoms with Crippen LogP contribution in [0, 0.1) is 3.57 Å². The number of halogens is 1. The van der Waals surface area contributed by atoms with Gasteiger partial charge in [0.15, 0.2) is 0 Å². The molecule has 0 N–H and O–H groups in total. The Morgan fingerprint density at radius 2 is 2.24 bits per heavy atom. The first kappa shape index (κ1) is 12.2. The van der Waals surface area contributed by atoms with E-state index in [9.17, 15) is 4.79 Å². The molecular formula is C13H11IO3. The summed E-state index contributed by atoms with van der Waals surface area (Å²) in [5.74, 6) is 0.501. The van der Waals surface area contributed by atoms with Crippen molar-refractivity contribution in [2.75, 3.05) is 6.61 Å². The number of carbonyl (C=O) groups is 1. The average molecular weight is 342 g/mol. The molecule has 0 aliphatic rings. The molecule has 2 aromatic rings. The summed E-state index contributed by atoms with van der Waals surface area (Å²) in [5.41, 5.74) is 1.54. The van der Waals surface area contributed by atoms with Gasteiger partial charge in [-0.3, -0.25) is 0 Å². The van der Waals surface area contributed by atoms with E-state index in [2.05, 4.69) is 22.6 Å². The lowest BCUT2D eigenvalue weighted by atomic mass is 10.1. The highest BCUT2D eigenvalue weighted by Crippen LogP contribution is 2.26. The summed E-state index contributed by atoms with van der Waals surface area (Å²) in [6.07, 6.45) is 1.63. The molecule has 0 aliphatic carbocycles. The van der Waals surface area contributed by atoms with Gasteiger partial charge in [0.05, 0.1) is 18.4 Å². The number of furan rings is 1. The van der Waals surface area contributed by atoms with E-state index in [1.807, 2.05) is 18.2 Å². The van der Waals surface area contributed by atoms with E-state index in [0.29, 0.717) is 12.2 Å². The van der Waals surface area contributed by atoms with Crippen LogP contribution < -0.4 is 0 Å². The van der Waals surface area contributed by atoms with Crippen molar-refractivity contribution < 1.29 is 13.9 Å². The first-order valence-corrected chi connectivity index (χ1v) is 6.30. The van der Waals surface area contributed by atoms with Gasteiger partial charge in [0, 0.05) is 9.13 Å². The van der Waals surface area contributed by atoms with Crippen molar-refractivity contribution in [2.24, 2.45) is 0 Å². The number of hydrogen-bond acceptors (Lipinski definition) is 3. The number of benzene rings is 1. The Morgan fingerprint density at radius 3 is 2.82 bits per heavy atom. The molecule has 0 amide bonds. The molecule has 1 aromatic carbocycles. The maximum absolute atomic E-state index is 11.5. The van der Waals surface area contributed by atoms with Gasteiger partial charge in [-0.2, -0.15) is 0 Å². The van der Waals surface area contributed by atoms with Crippen LogP contribution in [0.2, 0.25) is 0 Å². The molecule has 0 radical (unpaired) electrons. The van der Waals surface area contributed by atoms with E-state index >= 15 is 0 Å². The Morgan fingerprint density at radius 1 is 1.41 bits per heavy atom. The molecule has 0 spiro atoms. The second-order valence-corrected chi connectivity index (χ2v) is 4.55. The van der Waals surface area contributed by atoms with Crippen molar-refractivity contribution in [3.63, 3.8) is 0 Å². The normalized spacial score (nSPS) is 10.2. The topological polar surface area (TPSA) is 39.4 Å². The van der Waals surface area contributed by atoms with Crippen molar-refractivity contribution in [1.82, 2.24) is 0 Å². The molecule has 0 fully saturated rings. The largest absolute Gasteiger partial charge is 0.464 e. The van der Waals surface area contributed by atoms with Crippen LogP contribution in [0.15, 0.2) is 41.0 Å². The maximum atomic E-state index is 11.5. The zero-order valence-corrected chi connectivity index (χ0v) is 11.4. The molecule has 0 bridgehead atoms. The van der Waals surface area contributed by atoms with E-state index in [1.54, 1.807) is 25.3 Å². The average Bonchev–Trinajstić information content (AvgIpc) is 2.82. The predicted molar refractivity (Wildman–Crippen MR) is 72.8 cm³/mol. The fourth-order valence-electron chi connectivity index (χ4n) is 1.49. The first-order chi connectivity index (χ1) is 8.22. The minimum atomic E-state index is -0.295. The maximum Gasteiger partial charge on any atom is 0.338 e. The van der Waals surface area contributed by atoms with Crippen LogP contribution in [0.3, 0.4) is 0 Å². The Bertz CT molecular complexity index is 517. The van der Waals surface area contributed by atoms with Crippen LogP contribution in [-0.2, 0) is 4.74 Å². The Balaban J connectivity index is 2.32. The number of rotatable bonds is 3. The third kappa shape index (κ3) is 2.69. The molecule has 1 aromatic heterocycles. The van der Waals surface area contributed by atoms with Gasteiger partial charge in [-0.05, 0) is 59.8 Å². The van der Waals surface area contributed by atoms with Crippen LogP contribution in [0.5, 0.6) is 0 Å². The third-order valence-corrected chi connectivity index (χ3v) is 3.16. The molecule has 0 aliphatic heterocycles. The minimum absolute atomic E-state index is 0.295. The second kappa shape index (κ2) is 5.35. The Hall–Kier alpha value is -1.30. The van der Waals surface area contributed by atoms with Crippen molar-refractivity contribution in [2.45, 2.75) is 6.92 Å². The second-order valence-electron chi connectivity index (χ2n) is 3.39. The summed E-state index contributed by atoms with van der Waals surface area (Å²) in [6, 6.07) is 9.15. The zero-order valence-electron chi connectivity index (χ0n) is 9.27. The summed E-state index contributed by atoms with van der Waals surface area (Å²) < 4.78 is 11.2. The van der Waals surface area contributed by atoms with Crippen LogP contribution in [-0.4, -0.2) is 12.6 Å². The molecule has 88 valence electrons. The molecule has 4 heteroatoms. The van der Waals surface area contributed by atoms with Crippen LogP contribution in [0.1, 0.15) is 17.3 Å². The van der Waals surface area contributed by atoms with E-state index in [4.69, 9.17) is 9.15 Å². The van der Waals surface area contributed by atoms with Gasteiger partial charge in [0.25, 0.3) is 0 Å². The van der Waals surface area contributed by atoms with Gasteiger partial charge in [0.1, 0.15) is 5.76 Å². The fourth-order valence-corrected chi connectivity index (χ4v) is 2.27. The Kier molecular flexibility index (Phi) is 3.83. The molecule has 2 rings (SSSR count). The van der Waals surface area contributed by atoms with Crippen molar-refractivity contribution >= 4 is 28.6 Å². The highest BCUT2D eigenvalue weighted by molar-refractivity contribution is 14.1. The Labute approximate surface area is 113 Å². The summed E-state index contributed by atoms with van der Waals surface area (Å²) in [7, 11) is 0. The standard InChI is InChI=1S/C13H11IO3/c1-2-16-13(15)9-5-6-10(11(14)8-9)12-4-3-7-17-12/h3-8H,2H2,1H3. The molecule has 0 atom stereocenters.